The van der Waals surface area contributed by atoms with Crippen molar-refractivity contribution in [1.82, 2.24) is 9.99 Å². The number of carbonyl (C=O) groups is 1. The molecule has 0 fully saturated rings. The number of fused-ring (bicyclic) bond motifs is 1. The van der Waals surface area contributed by atoms with Crippen LogP contribution < -0.4 is 5.43 Å². The number of carbonyl (C=O) groups excluding carboxylic acids is 1. The first-order valence-electron chi connectivity index (χ1n) is 7.15. The number of hydrogen-bond donors (Lipinski definition) is 1. The zero-order chi connectivity index (χ0) is 15.4. The molecule has 0 radical (unpaired) electrons. The van der Waals surface area contributed by atoms with Crippen LogP contribution >= 0.6 is 0 Å². The third-order valence-corrected chi connectivity index (χ3v) is 3.47. The second kappa shape index (κ2) is 6.26. The molecule has 3 aromatic rings. The van der Waals surface area contributed by atoms with Crippen LogP contribution in [0.5, 0.6) is 0 Å². The number of hydrazone groups is 1. The van der Waals surface area contributed by atoms with E-state index < -0.39 is 0 Å². The minimum absolute atomic E-state index is 0.148. The standard InChI is InChI=1S/C18H17N3O/c1-14-6-8-15(9-7-14)12-19-20-18(22)13-21-11-10-16-4-2-3-5-17(16)21/h2-12H,13H2,1H3,(H,20,22)/b19-12+. The van der Waals surface area contributed by atoms with Gasteiger partial charge in [0.2, 0.25) is 0 Å². The van der Waals surface area contributed by atoms with E-state index in [2.05, 4.69) is 10.5 Å². The molecule has 4 nitrogen and oxygen atoms in total. The highest BCUT2D eigenvalue weighted by Gasteiger charge is 2.04. The summed E-state index contributed by atoms with van der Waals surface area (Å²) in [7, 11) is 0. The molecule has 0 aliphatic carbocycles. The summed E-state index contributed by atoms with van der Waals surface area (Å²) < 4.78 is 1.91. The highest BCUT2D eigenvalue weighted by atomic mass is 16.2. The van der Waals surface area contributed by atoms with Gasteiger partial charge in [-0.1, -0.05) is 48.0 Å². The van der Waals surface area contributed by atoms with Gasteiger partial charge in [0.05, 0.1) is 6.21 Å². The Morgan fingerprint density at radius 3 is 2.73 bits per heavy atom. The van der Waals surface area contributed by atoms with Crippen LogP contribution in [0.4, 0.5) is 0 Å². The third kappa shape index (κ3) is 3.23. The van der Waals surface area contributed by atoms with Crippen LogP contribution in [0.15, 0.2) is 65.9 Å². The number of aryl methyl sites for hydroxylation is 1. The van der Waals surface area contributed by atoms with Crippen LogP contribution in [0.1, 0.15) is 11.1 Å². The van der Waals surface area contributed by atoms with Crippen LogP contribution in [0.25, 0.3) is 10.9 Å². The summed E-state index contributed by atoms with van der Waals surface area (Å²) in [6.45, 7) is 2.28. The molecule has 0 aliphatic heterocycles. The Kier molecular flexibility index (Phi) is 4.01. The van der Waals surface area contributed by atoms with Crippen molar-refractivity contribution in [2.75, 3.05) is 0 Å². The molecule has 0 bridgehead atoms. The van der Waals surface area contributed by atoms with Gasteiger partial charge in [-0.15, -0.1) is 0 Å². The highest BCUT2D eigenvalue weighted by molar-refractivity contribution is 5.84. The predicted molar refractivity (Wildman–Crippen MR) is 88.9 cm³/mol. The smallest absolute Gasteiger partial charge is 0.259 e. The van der Waals surface area contributed by atoms with E-state index in [0.29, 0.717) is 0 Å². The van der Waals surface area contributed by atoms with Crippen LogP contribution in [0.3, 0.4) is 0 Å². The number of nitrogens with one attached hydrogen (secondary N) is 1. The van der Waals surface area contributed by atoms with Gasteiger partial charge in [0, 0.05) is 11.7 Å². The van der Waals surface area contributed by atoms with Crippen molar-refractivity contribution in [3.63, 3.8) is 0 Å². The molecule has 4 heteroatoms. The molecule has 0 aliphatic rings. The number of amides is 1. The molecular formula is C18H17N3O. The maximum atomic E-state index is 12.0. The number of para-hydroxylation sites is 1. The molecule has 0 saturated heterocycles. The normalized spacial score (nSPS) is 11.1. The first kappa shape index (κ1) is 14.1. The quantitative estimate of drug-likeness (QED) is 0.582. The summed E-state index contributed by atoms with van der Waals surface area (Å²) in [6.07, 6.45) is 3.55. The van der Waals surface area contributed by atoms with Gasteiger partial charge in [0.25, 0.3) is 5.91 Å². The molecule has 22 heavy (non-hydrogen) atoms. The zero-order valence-electron chi connectivity index (χ0n) is 12.4. The summed E-state index contributed by atoms with van der Waals surface area (Å²) in [4.78, 5) is 12.0. The van der Waals surface area contributed by atoms with E-state index in [-0.39, 0.29) is 12.5 Å². The maximum absolute atomic E-state index is 12.0. The van der Waals surface area contributed by atoms with Crippen molar-refractivity contribution < 1.29 is 4.79 Å². The number of aromatic nitrogens is 1. The van der Waals surface area contributed by atoms with Crippen LogP contribution in [0.2, 0.25) is 0 Å². The number of hydrogen-bond acceptors (Lipinski definition) is 2. The third-order valence-electron chi connectivity index (χ3n) is 3.47. The lowest BCUT2D eigenvalue weighted by atomic mass is 10.2. The molecule has 0 saturated carbocycles. The Morgan fingerprint density at radius 2 is 1.91 bits per heavy atom. The van der Waals surface area contributed by atoms with Crippen molar-refractivity contribution in [3.05, 3.63) is 71.9 Å². The number of rotatable bonds is 4. The second-order valence-electron chi connectivity index (χ2n) is 5.21. The van der Waals surface area contributed by atoms with E-state index in [1.165, 1.54) is 5.56 Å². The Bertz CT molecular complexity index is 816. The highest BCUT2D eigenvalue weighted by Crippen LogP contribution is 2.14. The van der Waals surface area contributed by atoms with Crippen molar-refractivity contribution in [1.29, 1.82) is 0 Å². The molecule has 1 N–H and O–H groups in total. The monoisotopic (exact) mass is 291 g/mol. The van der Waals surface area contributed by atoms with E-state index in [0.717, 1.165) is 16.5 Å². The van der Waals surface area contributed by atoms with Crippen LogP contribution in [-0.4, -0.2) is 16.7 Å². The van der Waals surface area contributed by atoms with E-state index >= 15 is 0 Å². The Morgan fingerprint density at radius 1 is 1.14 bits per heavy atom. The van der Waals surface area contributed by atoms with Crippen LogP contribution in [0, 0.1) is 6.92 Å². The lowest BCUT2D eigenvalue weighted by molar-refractivity contribution is -0.121. The van der Waals surface area contributed by atoms with Gasteiger partial charge >= 0.3 is 0 Å². The first-order valence-corrected chi connectivity index (χ1v) is 7.15. The summed E-state index contributed by atoms with van der Waals surface area (Å²) in [5, 5.41) is 5.12. The van der Waals surface area contributed by atoms with E-state index in [1.54, 1.807) is 6.21 Å². The van der Waals surface area contributed by atoms with E-state index in [9.17, 15) is 4.79 Å². The SMILES string of the molecule is Cc1ccc(/C=N/NC(=O)Cn2ccc3ccccc32)cc1. The molecule has 1 amide bonds. The van der Waals surface area contributed by atoms with Gasteiger partial charge in [0.15, 0.2) is 0 Å². The minimum Gasteiger partial charge on any atom is -0.338 e. The second-order valence-corrected chi connectivity index (χ2v) is 5.21. The fourth-order valence-electron chi connectivity index (χ4n) is 2.30. The fraction of sp³-hybridized carbons (Fsp3) is 0.111. The van der Waals surface area contributed by atoms with Gasteiger partial charge in [-0.3, -0.25) is 4.79 Å². The molecule has 1 heterocycles. The Balaban J connectivity index is 1.62. The number of nitrogens with zero attached hydrogens (tertiary/aromatic N) is 2. The minimum atomic E-state index is -0.148. The molecule has 2 aromatic carbocycles. The average molecular weight is 291 g/mol. The van der Waals surface area contributed by atoms with Gasteiger partial charge < -0.3 is 4.57 Å². The van der Waals surface area contributed by atoms with Crippen LogP contribution in [-0.2, 0) is 11.3 Å². The predicted octanol–water partition coefficient (Wildman–Crippen LogP) is 3.10. The van der Waals surface area contributed by atoms with Gasteiger partial charge in [0.1, 0.15) is 6.54 Å². The molecule has 0 atom stereocenters. The van der Waals surface area contributed by atoms with Crippen molar-refractivity contribution in [2.45, 2.75) is 13.5 Å². The summed E-state index contributed by atoms with van der Waals surface area (Å²) >= 11 is 0. The van der Waals surface area contributed by atoms with Gasteiger partial charge in [-0.05, 0) is 30.0 Å². The molecule has 0 spiro atoms. The van der Waals surface area contributed by atoms with Crippen molar-refractivity contribution in [3.8, 4) is 0 Å². The Hall–Kier alpha value is -2.88. The molecule has 1 aromatic heterocycles. The summed E-state index contributed by atoms with van der Waals surface area (Å²) in [5.74, 6) is -0.148. The topological polar surface area (TPSA) is 46.4 Å². The first-order chi connectivity index (χ1) is 10.7. The summed E-state index contributed by atoms with van der Waals surface area (Å²) in [6, 6.07) is 17.9. The lowest BCUT2D eigenvalue weighted by Crippen LogP contribution is -2.22. The summed E-state index contributed by atoms with van der Waals surface area (Å²) in [5.41, 5.74) is 5.75. The van der Waals surface area contributed by atoms with Gasteiger partial charge in [-0.2, -0.15) is 5.10 Å². The Labute approximate surface area is 129 Å². The number of benzene rings is 2. The zero-order valence-corrected chi connectivity index (χ0v) is 12.4. The van der Waals surface area contributed by atoms with Crippen molar-refractivity contribution >= 4 is 23.0 Å². The molecule has 3 rings (SSSR count). The maximum Gasteiger partial charge on any atom is 0.259 e. The molecular weight excluding hydrogens is 274 g/mol. The average Bonchev–Trinajstić information content (AvgIpc) is 2.93. The molecule has 0 unspecified atom stereocenters. The van der Waals surface area contributed by atoms with Crippen molar-refractivity contribution in [2.24, 2.45) is 5.10 Å². The van der Waals surface area contributed by atoms with Gasteiger partial charge in [-0.25, -0.2) is 5.43 Å². The molecule has 110 valence electrons. The lowest BCUT2D eigenvalue weighted by Gasteiger charge is -2.04. The van der Waals surface area contributed by atoms with E-state index in [4.69, 9.17) is 0 Å². The fourth-order valence-corrected chi connectivity index (χ4v) is 2.30. The largest absolute Gasteiger partial charge is 0.338 e. The van der Waals surface area contributed by atoms with E-state index in [1.807, 2.05) is 72.3 Å².